The predicted molar refractivity (Wildman–Crippen MR) is 113 cm³/mol. The van der Waals surface area contributed by atoms with Crippen LogP contribution in [0.15, 0.2) is 67.1 Å². The molecule has 0 unspecified atom stereocenters. The minimum atomic E-state index is -0.107. The van der Waals surface area contributed by atoms with Crippen LogP contribution in [0, 0.1) is 0 Å². The van der Waals surface area contributed by atoms with Gasteiger partial charge < -0.3 is 14.7 Å². The first-order valence-electron chi connectivity index (χ1n) is 9.73. The molecule has 2 aromatic heterocycles. The molecule has 1 aliphatic heterocycles. The highest BCUT2D eigenvalue weighted by Crippen LogP contribution is 2.18. The molecule has 29 heavy (non-hydrogen) atoms. The molecular formula is C22H24N6O. The zero-order valence-corrected chi connectivity index (χ0v) is 16.5. The zero-order chi connectivity index (χ0) is 20.1. The van der Waals surface area contributed by atoms with Crippen LogP contribution in [0.25, 0.3) is 0 Å². The van der Waals surface area contributed by atoms with Crippen LogP contribution in [0.5, 0.6) is 0 Å². The van der Waals surface area contributed by atoms with E-state index in [2.05, 4.69) is 24.8 Å². The molecule has 1 aliphatic rings. The van der Waals surface area contributed by atoms with E-state index in [4.69, 9.17) is 0 Å². The molecule has 148 valence electrons. The maximum atomic E-state index is 12.8. The topological polar surface area (TPSA) is 65.5 Å². The predicted octanol–water partition coefficient (Wildman–Crippen LogP) is 2.47. The van der Waals surface area contributed by atoms with Crippen molar-refractivity contribution in [1.82, 2.24) is 19.9 Å². The standard InChI is InChI=1S/C22H24N6O/c1-26(16-18-7-3-2-4-8-18)22(29)19-15-21(25-17-24-19)28-13-11-27(12-14-28)20-9-5-6-10-23-20/h2-10,15,17H,11-14,16H2,1H3. The van der Waals surface area contributed by atoms with E-state index in [1.54, 1.807) is 18.0 Å². The van der Waals surface area contributed by atoms with Gasteiger partial charge in [-0.05, 0) is 17.7 Å². The molecule has 0 atom stereocenters. The van der Waals surface area contributed by atoms with Gasteiger partial charge in [-0.3, -0.25) is 4.79 Å². The van der Waals surface area contributed by atoms with E-state index in [9.17, 15) is 4.79 Å². The van der Waals surface area contributed by atoms with Gasteiger partial charge in [0.2, 0.25) is 0 Å². The average molecular weight is 388 g/mol. The summed E-state index contributed by atoms with van der Waals surface area (Å²) in [6, 6.07) is 17.7. The molecule has 1 saturated heterocycles. The number of nitrogens with zero attached hydrogens (tertiary/aromatic N) is 6. The minimum Gasteiger partial charge on any atom is -0.353 e. The maximum Gasteiger partial charge on any atom is 0.272 e. The lowest BCUT2D eigenvalue weighted by atomic mass is 10.2. The van der Waals surface area contributed by atoms with Gasteiger partial charge in [0.1, 0.15) is 23.7 Å². The summed E-state index contributed by atoms with van der Waals surface area (Å²) in [4.78, 5) is 32.0. The van der Waals surface area contributed by atoms with Crippen LogP contribution in [0.1, 0.15) is 16.1 Å². The van der Waals surface area contributed by atoms with Crippen molar-refractivity contribution >= 4 is 17.5 Å². The zero-order valence-electron chi connectivity index (χ0n) is 16.5. The van der Waals surface area contributed by atoms with Crippen molar-refractivity contribution in [2.75, 3.05) is 43.0 Å². The summed E-state index contributed by atoms with van der Waals surface area (Å²) in [5, 5.41) is 0. The van der Waals surface area contributed by atoms with E-state index in [1.165, 1.54) is 6.33 Å². The summed E-state index contributed by atoms with van der Waals surface area (Å²) < 4.78 is 0. The van der Waals surface area contributed by atoms with Crippen molar-refractivity contribution < 1.29 is 4.79 Å². The lowest BCUT2D eigenvalue weighted by molar-refractivity contribution is 0.0779. The Kier molecular flexibility index (Phi) is 5.65. The van der Waals surface area contributed by atoms with Gasteiger partial charge >= 0.3 is 0 Å². The van der Waals surface area contributed by atoms with Gasteiger partial charge in [-0.25, -0.2) is 15.0 Å². The van der Waals surface area contributed by atoms with Gasteiger partial charge in [-0.1, -0.05) is 36.4 Å². The number of carbonyl (C=O) groups is 1. The number of benzene rings is 1. The molecule has 0 saturated carbocycles. The molecule has 7 heteroatoms. The summed E-state index contributed by atoms with van der Waals surface area (Å²) in [5.41, 5.74) is 1.50. The Balaban J connectivity index is 1.40. The summed E-state index contributed by atoms with van der Waals surface area (Å²) in [5.74, 6) is 1.68. The van der Waals surface area contributed by atoms with Gasteiger partial charge in [0.15, 0.2) is 0 Å². The molecule has 0 N–H and O–H groups in total. The highest BCUT2D eigenvalue weighted by molar-refractivity contribution is 5.92. The number of amides is 1. The second kappa shape index (κ2) is 8.68. The largest absolute Gasteiger partial charge is 0.353 e. The van der Waals surface area contributed by atoms with Crippen molar-refractivity contribution in [3.05, 3.63) is 78.4 Å². The molecule has 7 nitrogen and oxygen atoms in total. The normalized spacial score (nSPS) is 14.0. The van der Waals surface area contributed by atoms with Gasteiger partial charge in [0, 0.05) is 52.0 Å². The van der Waals surface area contributed by atoms with E-state index in [1.807, 2.05) is 54.7 Å². The lowest BCUT2D eigenvalue weighted by Gasteiger charge is -2.36. The molecule has 4 rings (SSSR count). The Morgan fingerprint density at radius 3 is 2.28 bits per heavy atom. The first kappa shape index (κ1) is 18.9. The van der Waals surface area contributed by atoms with Crippen LogP contribution >= 0.6 is 0 Å². The van der Waals surface area contributed by atoms with Crippen LogP contribution in [-0.4, -0.2) is 59.0 Å². The third-order valence-electron chi connectivity index (χ3n) is 5.06. The van der Waals surface area contributed by atoms with Gasteiger partial charge in [-0.2, -0.15) is 0 Å². The van der Waals surface area contributed by atoms with Crippen molar-refractivity contribution in [3.8, 4) is 0 Å². The van der Waals surface area contributed by atoms with Crippen molar-refractivity contribution in [1.29, 1.82) is 0 Å². The number of aromatic nitrogens is 3. The summed E-state index contributed by atoms with van der Waals surface area (Å²) in [6.45, 7) is 3.90. The first-order valence-corrected chi connectivity index (χ1v) is 9.73. The lowest BCUT2D eigenvalue weighted by Crippen LogP contribution is -2.47. The van der Waals surface area contributed by atoms with Gasteiger partial charge in [-0.15, -0.1) is 0 Å². The Bertz CT molecular complexity index is 942. The number of piperazine rings is 1. The van der Waals surface area contributed by atoms with E-state index < -0.39 is 0 Å². The molecule has 3 heterocycles. The monoisotopic (exact) mass is 388 g/mol. The molecule has 0 spiro atoms. The Hall–Kier alpha value is -3.48. The van der Waals surface area contributed by atoms with E-state index in [-0.39, 0.29) is 5.91 Å². The van der Waals surface area contributed by atoms with Crippen LogP contribution in [0.3, 0.4) is 0 Å². The van der Waals surface area contributed by atoms with Crippen LogP contribution in [-0.2, 0) is 6.54 Å². The number of anilines is 2. The van der Waals surface area contributed by atoms with Gasteiger partial charge in [0.25, 0.3) is 5.91 Å². The smallest absolute Gasteiger partial charge is 0.272 e. The van der Waals surface area contributed by atoms with Crippen LogP contribution in [0.4, 0.5) is 11.6 Å². The number of hydrogen-bond acceptors (Lipinski definition) is 6. The number of carbonyl (C=O) groups excluding carboxylic acids is 1. The van der Waals surface area contributed by atoms with Crippen molar-refractivity contribution in [2.24, 2.45) is 0 Å². The molecule has 0 aliphatic carbocycles. The molecule has 1 aromatic carbocycles. The van der Waals surface area contributed by atoms with Crippen LogP contribution < -0.4 is 9.80 Å². The van der Waals surface area contributed by atoms with E-state index >= 15 is 0 Å². The molecule has 1 amide bonds. The Morgan fingerprint density at radius 2 is 1.59 bits per heavy atom. The SMILES string of the molecule is CN(Cc1ccccc1)C(=O)c1cc(N2CCN(c3ccccn3)CC2)ncn1. The molecule has 0 radical (unpaired) electrons. The van der Waals surface area contributed by atoms with E-state index in [0.717, 1.165) is 43.4 Å². The fraction of sp³-hybridized carbons (Fsp3) is 0.273. The third-order valence-corrected chi connectivity index (χ3v) is 5.06. The maximum absolute atomic E-state index is 12.8. The summed E-state index contributed by atoms with van der Waals surface area (Å²) in [7, 11) is 1.79. The summed E-state index contributed by atoms with van der Waals surface area (Å²) in [6.07, 6.45) is 3.29. The van der Waals surface area contributed by atoms with Crippen molar-refractivity contribution in [2.45, 2.75) is 6.54 Å². The second-order valence-corrected chi connectivity index (χ2v) is 7.07. The Labute approximate surface area is 170 Å². The fourth-order valence-corrected chi connectivity index (χ4v) is 3.47. The minimum absolute atomic E-state index is 0.107. The van der Waals surface area contributed by atoms with Crippen LogP contribution in [0.2, 0.25) is 0 Å². The first-order chi connectivity index (χ1) is 14.2. The number of rotatable bonds is 5. The number of hydrogen-bond donors (Lipinski definition) is 0. The third kappa shape index (κ3) is 4.51. The Morgan fingerprint density at radius 1 is 0.897 bits per heavy atom. The summed E-state index contributed by atoms with van der Waals surface area (Å²) >= 11 is 0. The molecule has 1 fully saturated rings. The highest BCUT2D eigenvalue weighted by Gasteiger charge is 2.21. The number of pyridine rings is 1. The van der Waals surface area contributed by atoms with E-state index in [0.29, 0.717) is 12.2 Å². The quantitative estimate of drug-likeness (QED) is 0.669. The molecule has 0 bridgehead atoms. The van der Waals surface area contributed by atoms with Gasteiger partial charge in [0.05, 0.1) is 0 Å². The fourth-order valence-electron chi connectivity index (χ4n) is 3.47. The van der Waals surface area contributed by atoms with Crippen molar-refractivity contribution in [3.63, 3.8) is 0 Å². The highest BCUT2D eigenvalue weighted by atomic mass is 16.2. The molecular weight excluding hydrogens is 364 g/mol. The second-order valence-electron chi connectivity index (χ2n) is 7.07. The molecule has 3 aromatic rings. The average Bonchev–Trinajstić information content (AvgIpc) is 2.80.